The normalized spacial score (nSPS) is 16.4. The lowest BCUT2D eigenvalue weighted by Crippen LogP contribution is -2.39. The highest BCUT2D eigenvalue weighted by Crippen LogP contribution is 2.27. The number of nitrogens with zero attached hydrogens (tertiary/aromatic N) is 1. The molecule has 1 saturated carbocycles. The Balaban J connectivity index is 1.53. The largest absolute Gasteiger partial charge is 0.309 e. The van der Waals surface area contributed by atoms with Crippen LogP contribution in [0, 0.1) is 0 Å². The Morgan fingerprint density at radius 2 is 2.04 bits per heavy atom. The van der Waals surface area contributed by atoms with Crippen molar-refractivity contribution in [2.45, 2.75) is 37.6 Å². The number of nitrogens with one attached hydrogen (secondary N) is 3. The van der Waals surface area contributed by atoms with Crippen LogP contribution in [0.3, 0.4) is 0 Å². The molecule has 1 aromatic carbocycles. The molecule has 0 bridgehead atoms. The van der Waals surface area contributed by atoms with E-state index in [9.17, 15) is 8.42 Å². The van der Waals surface area contributed by atoms with Crippen LogP contribution in [0.4, 0.5) is 0 Å². The molecule has 124 valence electrons. The lowest BCUT2D eigenvalue weighted by molar-refractivity contribution is 0.524. The van der Waals surface area contributed by atoms with Crippen LogP contribution >= 0.6 is 0 Å². The summed E-state index contributed by atoms with van der Waals surface area (Å²) >= 11 is 0. The Kier molecular flexibility index (Phi) is 4.79. The van der Waals surface area contributed by atoms with Gasteiger partial charge in [0.05, 0.1) is 17.1 Å². The summed E-state index contributed by atoms with van der Waals surface area (Å²) in [4.78, 5) is 0. The van der Waals surface area contributed by atoms with E-state index in [-0.39, 0.29) is 11.3 Å². The minimum Gasteiger partial charge on any atom is -0.309 e. The number of aromatic nitrogens is 2. The number of sulfonamides is 1. The van der Waals surface area contributed by atoms with Gasteiger partial charge in [-0.25, -0.2) is 13.1 Å². The molecule has 23 heavy (non-hydrogen) atoms. The number of rotatable bonds is 8. The minimum absolute atomic E-state index is 0.0436. The van der Waals surface area contributed by atoms with Gasteiger partial charge in [-0.2, -0.15) is 5.10 Å². The van der Waals surface area contributed by atoms with Crippen molar-refractivity contribution in [3.05, 3.63) is 42.1 Å². The number of aromatic amines is 1. The topological polar surface area (TPSA) is 86.9 Å². The smallest absolute Gasteiger partial charge is 0.214 e. The molecule has 0 aliphatic heterocycles. The number of hydrogen-bond acceptors (Lipinski definition) is 4. The quantitative estimate of drug-likeness (QED) is 0.685. The standard InChI is InChI=1S/C16H22N4O2S/c1-12(9-19-23(21,22)15-7-8-15)17-10-14-11-18-20-16(14)13-5-3-2-4-6-13/h2-6,11-12,15,17,19H,7-10H2,1H3,(H,18,20). The summed E-state index contributed by atoms with van der Waals surface area (Å²) in [6, 6.07) is 10.1. The fourth-order valence-electron chi connectivity index (χ4n) is 2.39. The maximum atomic E-state index is 11.8. The van der Waals surface area contributed by atoms with E-state index >= 15 is 0 Å². The van der Waals surface area contributed by atoms with E-state index in [2.05, 4.69) is 20.2 Å². The molecule has 3 N–H and O–H groups in total. The lowest BCUT2D eigenvalue weighted by Gasteiger charge is -2.15. The molecule has 1 atom stereocenters. The highest BCUT2D eigenvalue weighted by atomic mass is 32.2. The summed E-state index contributed by atoms with van der Waals surface area (Å²) in [5.74, 6) is 0. The van der Waals surface area contributed by atoms with Gasteiger partial charge in [0.25, 0.3) is 0 Å². The van der Waals surface area contributed by atoms with Crippen LogP contribution in [0.15, 0.2) is 36.5 Å². The van der Waals surface area contributed by atoms with Crippen molar-refractivity contribution in [2.24, 2.45) is 0 Å². The third-order valence-corrected chi connectivity index (χ3v) is 5.89. The van der Waals surface area contributed by atoms with Gasteiger partial charge in [0.15, 0.2) is 0 Å². The van der Waals surface area contributed by atoms with Crippen molar-refractivity contribution in [1.82, 2.24) is 20.2 Å². The van der Waals surface area contributed by atoms with Crippen LogP contribution < -0.4 is 10.0 Å². The summed E-state index contributed by atoms with van der Waals surface area (Å²) in [6.07, 6.45) is 3.37. The van der Waals surface area contributed by atoms with Gasteiger partial charge in [-0.1, -0.05) is 30.3 Å². The second-order valence-electron chi connectivity index (χ2n) is 6.01. The third kappa shape index (κ3) is 4.19. The molecule has 0 amide bonds. The molecule has 1 unspecified atom stereocenters. The fraction of sp³-hybridized carbons (Fsp3) is 0.438. The fourth-order valence-corrected chi connectivity index (χ4v) is 3.87. The van der Waals surface area contributed by atoms with Gasteiger partial charge in [0, 0.05) is 24.7 Å². The Bertz CT molecular complexity index is 738. The van der Waals surface area contributed by atoms with Crippen molar-refractivity contribution >= 4 is 10.0 Å². The van der Waals surface area contributed by atoms with Gasteiger partial charge in [-0.05, 0) is 25.3 Å². The SMILES string of the molecule is CC(CNS(=O)(=O)C1CC1)NCc1cn[nH]c1-c1ccccc1. The number of H-pyrrole nitrogens is 1. The first kappa shape index (κ1) is 16.2. The van der Waals surface area contributed by atoms with E-state index in [1.165, 1.54) is 0 Å². The summed E-state index contributed by atoms with van der Waals surface area (Å²) < 4.78 is 26.3. The minimum atomic E-state index is -3.11. The first-order chi connectivity index (χ1) is 11.1. The molecule has 1 heterocycles. The highest BCUT2D eigenvalue weighted by Gasteiger charge is 2.35. The van der Waals surface area contributed by atoms with Gasteiger partial charge in [-0.15, -0.1) is 0 Å². The van der Waals surface area contributed by atoms with Crippen LogP contribution in [0.25, 0.3) is 11.3 Å². The monoisotopic (exact) mass is 334 g/mol. The first-order valence-corrected chi connectivity index (χ1v) is 9.40. The van der Waals surface area contributed by atoms with Crippen LogP contribution in [-0.4, -0.2) is 36.5 Å². The number of hydrogen-bond donors (Lipinski definition) is 3. The van der Waals surface area contributed by atoms with E-state index in [0.717, 1.165) is 29.7 Å². The van der Waals surface area contributed by atoms with Gasteiger partial charge < -0.3 is 5.32 Å². The van der Waals surface area contributed by atoms with E-state index in [4.69, 9.17) is 0 Å². The van der Waals surface area contributed by atoms with Crippen LogP contribution in [0.2, 0.25) is 0 Å². The molecule has 1 aliphatic rings. The summed E-state index contributed by atoms with van der Waals surface area (Å²) in [5, 5.41) is 10.3. The number of benzene rings is 1. The predicted molar refractivity (Wildman–Crippen MR) is 90.3 cm³/mol. The van der Waals surface area contributed by atoms with E-state index in [1.54, 1.807) is 6.20 Å². The molecule has 1 aromatic heterocycles. The van der Waals surface area contributed by atoms with Crippen LogP contribution in [-0.2, 0) is 16.6 Å². The zero-order valence-electron chi connectivity index (χ0n) is 13.1. The van der Waals surface area contributed by atoms with Gasteiger partial charge >= 0.3 is 0 Å². The predicted octanol–water partition coefficient (Wildman–Crippen LogP) is 1.64. The lowest BCUT2D eigenvalue weighted by atomic mass is 10.1. The summed E-state index contributed by atoms with van der Waals surface area (Å²) in [7, 11) is -3.11. The maximum Gasteiger partial charge on any atom is 0.214 e. The molecular weight excluding hydrogens is 312 g/mol. The Labute approximate surface area is 136 Å². The van der Waals surface area contributed by atoms with Crippen molar-refractivity contribution in [3.63, 3.8) is 0 Å². The van der Waals surface area contributed by atoms with Crippen LogP contribution in [0.5, 0.6) is 0 Å². The Morgan fingerprint density at radius 1 is 1.30 bits per heavy atom. The van der Waals surface area contributed by atoms with Crippen molar-refractivity contribution in [3.8, 4) is 11.3 Å². The molecule has 1 fully saturated rings. The first-order valence-electron chi connectivity index (χ1n) is 7.86. The van der Waals surface area contributed by atoms with E-state index < -0.39 is 10.0 Å². The molecule has 0 spiro atoms. The van der Waals surface area contributed by atoms with Crippen molar-refractivity contribution in [1.29, 1.82) is 0 Å². The molecule has 0 saturated heterocycles. The second kappa shape index (κ2) is 6.82. The molecule has 3 rings (SSSR count). The average molecular weight is 334 g/mol. The maximum absolute atomic E-state index is 11.8. The molecule has 1 aliphatic carbocycles. The Morgan fingerprint density at radius 3 is 2.74 bits per heavy atom. The third-order valence-electron chi connectivity index (χ3n) is 3.98. The van der Waals surface area contributed by atoms with Crippen LogP contribution in [0.1, 0.15) is 25.3 Å². The summed E-state index contributed by atoms with van der Waals surface area (Å²) in [6.45, 7) is 3.00. The zero-order valence-corrected chi connectivity index (χ0v) is 13.9. The van der Waals surface area contributed by atoms with Gasteiger partial charge in [0.1, 0.15) is 0 Å². The highest BCUT2D eigenvalue weighted by molar-refractivity contribution is 7.90. The molecule has 2 aromatic rings. The van der Waals surface area contributed by atoms with Crippen molar-refractivity contribution in [2.75, 3.05) is 6.54 Å². The van der Waals surface area contributed by atoms with E-state index in [0.29, 0.717) is 13.1 Å². The van der Waals surface area contributed by atoms with Gasteiger partial charge in [-0.3, -0.25) is 5.10 Å². The second-order valence-corrected chi connectivity index (χ2v) is 8.06. The molecule has 6 nitrogen and oxygen atoms in total. The average Bonchev–Trinajstić information content (AvgIpc) is 3.32. The molecule has 0 radical (unpaired) electrons. The molecular formula is C16H22N4O2S. The van der Waals surface area contributed by atoms with Crippen molar-refractivity contribution < 1.29 is 8.42 Å². The summed E-state index contributed by atoms with van der Waals surface area (Å²) in [5.41, 5.74) is 3.14. The van der Waals surface area contributed by atoms with Gasteiger partial charge in [0.2, 0.25) is 10.0 Å². The zero-order chi connectivity index (χ0) is 16.3. The Hall–Kier alpha value is -1.70. The van der Waals surface area contributed by atoms with E-state index in [1.807, 2.05) is 37.3 Å². The molecule has 7 heteroatoms.